The van der Waals surface area contributed by atoms with Crippen LogP contribution in [-0.4, -0.2) is 26.6 Å². The van der Waals surface area contributed by atoms with Crippen molar-refractivity contribution in [3.05, 3.63) is 66.0 Å². The van der Waals surface area contributed by atoms with E-state index in [0.717, 1.165) is 5.56 Å². The van der Waals surface area contributed by atoms with E-state index in [2.05, 4.69) is 20.7 Å². The Bertz CT molecular complexity index is 1000. The summed E-state index contributed by atoms with van der Waals surface area (Å²) in [6.07, 6.45) is 3.09. The lowest BCUT2D eigenvalue weighted by atomic mass is 10.1. The van der Waals surface area contributed by atoms with Crippen LogP contribution in [0.15, 0.2) is 54.9 Å². The molecule has 2 heterocycles. The molecule has 0 bridgehead atoms. The molecule has 0 aliphatic carbocycles. The summed E-state index contributed by atoms with van der Waals surface area (Å²) in [5.74, 6) is 0.314. The number of nitrogens with one attached hydrogen (secondary N) is 2. The highest BCUT2D eigenvalue weighted by molar-refractivity contribution is 5.93. The Balaban J connectivity index is 1.75. The standard InChI is InChI=1S/C19H16N6O2/c1-13(26)23-16-7-5-14(6-8-16)10-18(27)24-19-15(11-20)12-22-25(19)17-4-2-3-9-21-17/h2-9,12H,10H2,1H3,(H,23,26)(H,24,27). The van der Waals surface area contributed by atoms with Crippen molar-refractivity contribution in [2.75, 3.05) is 10.6 Å². The average molecular weight is 360 g/mol. The zero-order valence-electron chi connectivity index (χ0n) is 14.5. The fourth-order valence-electron chi connectivity index (χ4n) is 2.47. The molecule has 27 heavy (non-hydrogen) atoms. The zero-order chi connectivity index (χ0) is 19.2. The number of benzene rings is 1. The van der Waals surface area contributed by atoms with Gasteiger partial charge in [-0.2, -0.15) is 15.0 Å². The van der Waals surface area contributed by atoms with Gasteiger partial charge in [0.25, 0.3) is 0 Å². The van der Waals surface area contributed by atoms with E-state index in [4.69, 9.17) is 0 Å². The van der Waals surface area contributed by atoms with Gasteiger partial charge in [-0.05, 0) is 29.8 Å². The third-order valence-electron chi connectivity index (χ3n) is 3.65. The number of amides is 2. The highest BCUT2D eigenvalue weighted by Crippen LogP contribution is 2.19. The Kier molecular flexibility index (Phi) is 5.23. The number of pyridine rings is 1. The molecule has 0 aliphatic heterocycles. The number of nitrogens with zero attached hydrogens (tertiary/aromatic N) is 4. The minimum Gasteiger partial charge on any atom is -0.326 e. The second kappa shape index (κ2) is 7.93. The van der Waals surface area contributed by atoms with Crippen LogP contribution in [0.1, 0.15) is 18.1 Å². The van der Waals surface area contributed by atoms with Crippen molar-refractivity contribution in [1.82, 2.24) is 14.8 Å². The van der Waals surface area contributed by atoms with E-state index in [0.29, 0.717) is 11.5 Å². The molecule has 0 radical (unpaired) electrons. The summed E-state index contributed by atoms with van der Waals surface area (Å²) in [6.45, 7) is 1.43. The number of hydrogen-bond acceptors (Lipinski definition) is 5. The van der Waals surface area contributed by atoms with Crippen molar-refractivity contribution in [1.29, 1.82) is 5.26 Å². The molecule has 1 aromatic carbocycles. The Morgan fingerprint density at radius 3 is 2.56 bits per heavy atom. The second-order valence-electron chi connectivity index (χ2n) is 5.72. The van der Waals surface area contributed by atoms with Gasteiger partial charge < -0.3 is 10.6 Å². The molecule has 0 spiro atoms. The van der Waals surface area contributed by atoms with Gasteiger partial charge in [-0.1, -0.05) is 18.2 Å². The van der Waals surface area contributed by atoms with Crippen molar-refractivity contribution in [2.24, 2.45) is 0 Å². The van der Waals surface area contributed by atoms with E-state index in [1.807, 2.05) is 6.07 Å². The van der Waals surface area contributed by atoms with Crippen LogP contribution in [0.4, 0.5) is 11.5 Å². The van der Waals surface area contributed by atoms with Crippen molar-refractivity contribution in [2.45, 2.75) is 13.3 Å². The quantitative estimate of drug-likeness (QED) is 0.725. The fraction of sp³-hybridized carbons (Fsp3) is 0.105. The first-order valence-electron chi connectivity index (χ1n) is 8.12. The predicted octanol–water partition coefficient (Wildman–Crippen LogP) is 2.28. The summed E-state index contributed by atoms with van der Waals surface area (Å²) in [5, 5.41) is 18.8. The van der Waals surface area contributed by atoms with Crippen LogP contribution in [0.25, 0.3) is 5.82 Å². The van der Waals surface area contributed by atoms with Gasteiger partial charge in [-0.3, -0.25) is 9.59 Å². The highest BCUT2D eigenvalue weighted by Gasteiger charge is 2.16. The first kappa shape index (κ1) is 17.8. The van der Waals surface area contributed by atoms with Crippen molar-refractivity contribution < 1.29 is 9.59 Å². The molecule has 2 N–H and O–H groups in total. The molecular weight excluding hydrogens is 344 g/mol. The molecule has 0 fully saturated rings. The lowest BCUT2D eigenvalue weighted by Gasteiger charge is -2.09. The molecule has 3 aromatic rings. The van der Waals surface area contributed by atoms with Crippen molar-refractivity contribution >= 4 is 23.3 Å². The van der Waals surface area contributed by atoms with Gasteiger partial charge in [-0.15, -0.1) is 0 Å². The molecule has 8 nitrogen and oxygen atoms in total. The molecular formula is C19H16N6O2. The summed E-state index contributed by atoms with van der Waals surface area (Å²) in [7, 11) is 0. The van der Waals surface area contributed by atoms with Gasteiger partial charge in [0.15, 0.2) is 11.6 Å². The Morgan fingerprint density at radius 2 is 1.93 bits per heavy atom. The number of anilines is 2. The fourth-order valence-corrected chi connectivity index (χ4v) is 2.47. The summed E-state index contributed by atoms with van der Waals surface area (Å²) in [5.41, 5.74) is 1.67. The van der Waals surface area contributed by atoms with Crippen LogP contribution in [0.5, 0.6) is 0 Å². The molecule has 3 rings (SSSR count). The maximum Gasteiger partial charge on any atom is 0.229 e. The van der Waals surface area contributed by atoms with Crippen LogP contribution in [0.3, 0.4) is 0 Å². The van der Waals surface area contributed by atoms with Gasteiger partial charge >= 0.3 is 0 Å². The van der Waals surface area contributed by atoms with E-state index in [1.54, 1.807) is 48.7 Å². The SMILES string of the molecule is CC(=O)Nc1ccc(CC(=O)Nc2c(C#N)cnn2-c2ccccn2)cc1. The zero-order valence-corrected chi connectivity index (χ0v) is 14.5. The molecule has 2 amide bonds. The van der Waals surface area contributed by atoms with Gasteiger partial charge in [0.2, 0.25) is 11.8 Å². The van der Waals surface area contributed by atoms with Gasteiger partial charge in [0, 0.05) is 18.8 Å². The van der Waals surface area contributed by atoms with Crippen molar-refractivity contribution in [3.63, 3.8) is 0 Å². The molecule has 2 aromatic heterocycles. The Hall–Kier alpha value is -3.99. The van der Waals surface area contributed by atoms with Crippen LogP contribution in [0, 0.1) is 11.3 Å². The average Bonchev–Trinajstić information content (AvgIpc) is 3.06. The number of carbonyl (C=O) groups excluding carboxylic acids is 2. The molecule has 0 saturated heterocycles. The summed E-state index contributed by atoms with van der Waals surface area (Å²) in [4.78, 5) is 27.7. The number of nitriles is 1. The van der Waals surface area contributed by atoms with Crippen LogP contribution >= 0.6 is 0 Å². The molecule has 0 saturated carbocycles. The van der Waals surface area contributed by atoms with Gasteiger partial charge in [0.1, 0.15) is 11.6 Å². The summed E-state index contributed by atoms with van der Waals surface area (Å²) < 4.78 is 1.41. The first-order valence-corrected chi connectivity index (χ1v) is 8.12. The molecule has 8 heteroatoms. The molecule has 134 valence electrons. The second-order valence-corrected chi connectivity index (χ2v) is 5.72. The first-order chi connectivity index (χ1) is 13.1. The maximum atomic E-state index is 12.4. The largest absolute Gasteiger partial charge is 0.326 e. The van der Waals surface area contributed by atoms with Crippen LogP contribution in [0.2, 0.25) is 0 Å². The third kappa shape index (κ3) is 4.35. The number of carbonyl (C=O) groups is 2. The highest BCUT2D eigenvalue weighted by atomic mass is 16.2. The minimum absolute atomic E-state index is 0.110. The topological polar surface area (TPSA) is 113 Å². The van der Waals surface area contributed by atoms with E-state index in [9.17, 15) is 14.9 Å². The van der Waals surface area contributed by atoms with Crippen LogP contribution < -0.4 is 10.6 Å². The maximum absolute atomic E-state index is 12.4. The smallest absolute Gasteiger partial charge is 0.229 e. The van der Waals surface area contributed by atoms with E-state index in [-0.39, 0.29) is 29.6 Å². The summed E-state index contributed by atoms with van der Waals surface area (Å²) >= 11 is 0. The third-order valence-corrected chi connectivity index (χ3v) is 3.65. The molecule has 0 atom stereocenters. The van der Waals surface area contributed by atoms with Gasteiger partial charge in [-0.25, -0.2) is 4.98 Å². The van der Waals surface area contributed by atoms with E-state index in [1.165, 1.54) is 17.8 Å². The van der Waals surface area contributed by atoms with Crippen molar-refractivity contribution in [3.8, 4) is 11.9 Å². The van der Waals surface area contributed by atoms with E-state index < -0.39 is 0 Å². The monoisotopic (exact) mass is 360 g/mol. The number of aromatic nitrogens is 3. The predicted molar refractivity (Wildman–Crippen MR) is 99.2 cm³/mol. The molecule has 0 aliphatic rings. The Morgan fingerprint density at radius 1 is 1.15 bits per heavy atom. The lowest BCUT2D eigenvalue weighted by Crippen LogP contribution is -2.18. The van der Waals surface area contributed by atoms with Crippen LogP contribution in [-0.2, 0) is 16.0 Å². The van der Waals surface area contributed by atoms with Gasteiger partial charge in [0.05, 0.1) is 12.6 Å². The summed E-state index contributed by atoms with van der Waals surface area (Å²) in [6, 6.07) is 14.3. The minimum atomic E-state index is -0.295. The normalized spacial score (nSPS) is 10.1. The number of hydrogen-bond donors (Lipinski definition) is 2. The van der Waals surface area contributed by atoms with E-state index >= 15 is 0 Å². The molecule has 0 unspecified atom stereocenters. The Labute approximate surface area is 155 Å². The number of rotatable bonds is 5. The lowest BCUT2D eigenvalue weighted by molar-refractivity contribution is -0.116.